The fourth-order valence-corrected chi connectivity index (χ4v) is 4.51. The maximum absolute atomic E-state index is 12.6. The molecule has 3 rings (SSSR count). The first-order valence-corrected chi connectivity index (χ1v) is 8.85. The van der Waals surface area contributed by atoms with E-state index in [0.29, 0.717) is 0 Å². The van der Waals surface area contributed by atoms with E-state index < -0.39 is 10.1 Å². The highest BCUT2D eigenvalue weighted by atomic mass is 32.2. The molecule has 2 saturated carbocycles. The highest BCUT2D eigenvalue weighted by Gasteiger charge is 2.63. The summed E-state index contributed by atoms with van der Waals surface area (Å²) in [4.78, 5) is 12.5. The number of Topliss-reactive ketones (excluding diaryl/α,β-unsaturated/α-hetero) is 1. The Morgan fingerprint density at radius 2 is 1.77 bits per heavy atom. The number of allylic oxidation sites excluding steroid dienone is 1. The molecule has 2 aliphatic rings. The molecule has 0 aliphatic heterocycles. The standard InChI is InChI=1S/C17H20O4S/c1-16(2)13-8-9-17(16,3)14(15(13)18)10-11-4-6-12(7-5-11)22(19,20)21/h4-7,10,13H,8-9H2,1-3H3,(H,19,20,21)/b14-10+. The lowest BCUT2D eigenvalue weighted by molar-refractivity contribution is -0.119. The Morgan fingerprint density at radius 1 is 1.18 bits per heavy atom. The molecule has 0 heterocycles. The normalized spacial score (nSPS) is 31.9. The van der Waals surface area contributed by atoms with Gasteiger partial charge in [-0.15, -0.1) is 0 Å². The van der Waals surface area contributed by atoms with Crippen LogP contribution in [0.1, 0.15) is 39.2 Å². The number of carbonyl (C=O) groups is 1. The van der Waals surface area contributed by atoms with Crippen LogP contribution in [0.5, 0.6) is 0 Å². The number of rotatable bonds is 2. The van der Waals surface area contributed by atoms with Gasteiger partial charge in [-0.05, 0) is 42.0 Å². The molecule has 0 amide bonds. The van der Waals surface area contributed by atoms with E-state index in [2.05, 4.69) is 20.8 Å². The van der Waals surface area contributed by atoms with Gasteiger partial charge in [-0.2, -0.15) is 8.42 Å². The largest absolute Gasteiger partial charge is 0.294 e. The minimum atomic E-state index is -4.18. The van der Waals surface area contributed by atoms with Gasteiger partial charge in [0, 0.05) is 16.9 Å². The van der Waals surface area contributed by atoms with Crippen molar-refractivity contribution >= 4 is 22.0 Å². The van der Waals surface area contributed by atoms with E-state index in [0.717, 1.165) is 24.0 Å². The molecule has 2 fully saturated rings. The van der Waals surface area contributed by atoms with Crippen molar-refractivity contribution in [2.24, 2.45) is 16.7 Å². The number of carbonyl (C=O) groups excluding carboxylic acids is 1. The predicted molar refractivity (Wildman–Crippen MR) is 83.9 cm³/mol. The SMILES string of the molecule is CC12CCC(C(=O)/C1=C\c1ccc(S(=O)(=O)O)cc1)C2(C)C. The van der Waals surface area contributed by atoms with E-state index in [9.17, 15) is 13.2 Å². The van der Waals surface area contributed by atoms with Crippen molar-refractivity contribution < 1.29 is 17.8 Å². The third-order valence-corrected chi connectivity index (χ3v) is 6.76. The molecule has 2 atom stereocenters. The summed E-state index contributed by atoms with van der Waals surface area (Å²) in [6.45, 7) is 6.46. The van der Waals surface area contributed by atoms with Gasteiger partial charge in [0.1, 0.15) is 0 Å². The van der Waals surface area contributed by atoms with Crippen molar-refractivity contribution in [2.75, 3.05) is 0 Å². The molecule has 2 unspecified atom stereocenters. The van der Waals surface area contributed by atoms with Gasteiger partial charge in [-0.3, -0.25) is 9.35 Å². The van der Waals surface area contributed by atoms with Gasteiger partial charge in [0.2, 0.25) is 0 Å². The highest BCUT2D eigenvalue weighted by molar-refractivity contribution is 7.85. The van der Waals surface area contributed by atoms with Gasteiger partial charge < -0.3 is 0 Å². The summed E-state index contributed by atoms with van der Waals surface area (Å²) in [6, 6.07) is 5.94. The third kappa shape index (κ3) is 1.99. The van der Waals surface area contributed by atoms with Crippen LogP contribution in [0.25, 0.3) is 6.08 Å². The topological polar surface area (TPSA) is 71.4 Å². The van der Waals surface area contributed by atoms with Crippen LogP contribution in [0.2, 0.25) is 0 Å². The van der Waals surface area contributed by atoms with Gasteiger partial charge in [0.05, 0.1) is 4.90 Å². The van der Waals surface area contributed by atoms with E-state index >= 15 is 0 Å². The van der Waals surface area contributed by atoms with E-state index in [1.165, 1.54) is 12.1 Å². The van der Waals surface area contributed by atoms with Crippen LogP contribution in [0.4, 0.5) is 0 Å². The zero-order chi connectivity index (χ0) is 16.3. The number of benzene rings is 1. The average Bonchev–Trinajstić information content (AvgIpc) is 2.72. The number of hydrogen-bond donors (Lipinski definition) is 1. The molecule has 4 nitrogen and oxygen atoms in total. The van der Waals surface area contributed by atoms with Crippen LogP contribution in [-0.4, -0.2) is 18.8 Å². The molecule has 1 aromatic carbocycles. The van der Waals surface area contributed by atoms with E-state index in [4.69, 9.17) is 4.55 Å². The van der Waals surface area contributed by atoms with Crippen molar-refractivity contribution in [2.45, 2.75) is 38.5 Å². The minimum absolute atomic E-state index is 0.0374. The summed E-state index contributed by atoms with van der Waals surface area (Å²) >= 11 is 0. The molecule has 0 aromatic heterocycles. The average molecular weight is 320 g/mol. The monoisotopic (exact) mass is 320 g/mol. The second kappa shape index (κ2) is 4.52. The minimum Gasteiger partial charge on any atom is -0.294 e. The highest BCUT2D eigenvalue weighted by Crippen LogP contribution is 2.66. The van der Waals surface area contributed by atoms with E-state index in [1.54, 1.807) is 12.1 Å². The lowest BCUT2D eigenvalue weighted by Gasteiger charge is -2.34. The lowest BCUT2D eigenvalue weighted by atomic mass is 9.69. The summed E-state index contributed by atoms with van der Waals surface area (Å²) in [6.07, 6.45) is 3.82. The van der Waals surface area contributed by atoms with Gasteiger partial charge in [0.25, 0.3) is 10.1 Å². The molecular formula is C17H20O4S. The number of ketones is 1. The molecule has 118 valence electrons. The van der Waals surface area contributed by atoms with Gasteiger partial charge >= 0.3 is 0 Å². The molecule has 2 bridgehead atoms. The van der Waals surface area contributed by atoms with E-state index in [1.807, 2.05) is 6.08 Å². The molecule has 22 heavy (non-hydrogen) atoms. The quantitative estimate of drug-likeness (QED) is 0.670. The van der Waals surface area contributed by atoms with Crippen LogP contribution >= 0.6 is 0 Å². The van der Waals surface area contributed by atoms with Crippen molar-refractivity contribution in [1.29, 1.82) is 0 Å². The van der Waals surface area contributed by atoms with Gasteiger partial charge in [-0.25, -0.2) is 0 Å². The predicted octanol–water partition coefficient (Wildman–Crippen LogP) is 3.34. The first kappa shape index (κ1) is 15.4. The Kier molecular flexibility index (Phi) is 3.17. The zero-order valence-corrected chi connectivity index (χ0v) is 13.8. The molecule has 0 spiro atoms. The Hall–Kier alpha value is -1.46. The third-order valence-electron chi connectivity index (χ3n) is 5.89. The smallest absolute Gasteiger partial charge is 0.294 e. The number of hydrogen-bond acceptors (Lipinski definition) is 3. The fourth-order valence-electron chi connectivity index (χ4n) is 4.03. The van der Waals surface area contributed by atoms with Crippen LogP contribution in [0, 0.1) is 16.7 Å². The summed E-state index contributed by atoms with van der Waals surface area (Å²) in [7, 11) is -4.18. The van der Waals surface area contributed by atoms with Crippen molar-refractivity contribution in [3.8, 4) is 0 Å². The van der Waals surface area contributed by atoms with Crippen molar-refractivity contribution in [3.05, 3.63) is 35.4 Å². The summed E-state index contributed by atoms with van der Waals surface area (Å²) in [5, 5.41) is 0. The molecular weight excluding hydrogens is 300 g/mol. The maximum Gasteiger partial charge on any atom is 0.294 e. The molecule has 0 saturated heterocycles. The summed E-state index contributed by atoms with van der Waals surface area (Å²) < 4.78 is 31.1. The maximum atomic E-state index is 12.6. The van der Waals surface area contributed by atoms with Crippen LogP contribution in [0.3, 0.4) is 0 Å². The molecule has 2 aliphatic carbocycles. The van der Waals surface area contributed by atoms with Gasteiger partial charge in [-0.1, -0.05) is 32.9 Å². The summed E-state index contributed by atoms with van der Waals surface area (Å²) in [5.74, 6) is 0.304. The summed E-state index contributed by atoms with van der Waals surface area (Å²) in [5.41, 5.74) is 1.45. The fraction of sp³-hybridized carbons (Fsp3) is 0.471. The van der Waals surface area contributed by atoms with Crippen molar-refractivity contribution in [1.82, 2.24) is 0 Å². The van der Waals surface area contributed by atoms with Crippen LogP contribution < -0.4 is 0 Å². The first-order chi connectivity index (χ1) is 10.1. The molecule has 1 N–H and O–H groups in total. The second-order valence-electron chi connectivity index (χ2n) is 7.11. The van der Waals surface area contributed by atoms with E-state index in [-0.39, 0.29) is 27.4 Å². The number of fused-ring (bicyclic) bond motifs is 2. The lowest BCUT2D eigenvalue weighted by Crippen LogP contribution is -2.27. The second-order valence-corrected chi connectivity index (χ2v) is 8.53. The molecule has 5 heteroatoms. The van der Waals surface area contributed by atoms with Crippen LogP contribution in [0.15, 0.2) is 34.7 Å². The van der Waals surface area contributed by atoms with Gasteiger partial charge in [0.15, 0.2) is 5.78 Å². The Labute approximate surface area is 131 Å². The Morgan fingerprint density at radius 3 is 2.23 bits per heavy atom. The molecule has 1 aromatic rings. The Balaban J connectivity index is 2.02. The first-order valence-electron chi connectivity index (χ1n) is 7.41. The molecule has 0 radical (unpaired) electrons. The van der Waals surface area contributed by atoms with Crippen LogP contribution in [-0.2, 0) is 14.9 Å². The van der Waals surface area contributed by atoms with Crippen molar-refractivity contribution in [3.63, 3.8) is 0 Å². The Bertz CT molecular complexity index is 771. The zero-order valence-electron chi connectivity index (χ0n) is 13.0.